The number of benzene rings is 2. The van der Waals surface area contributed by atoms with E-state index in [-0.39, 0.29) is 18.1 Å². The highest BCUT2D eigenvalue weighted by Crippen LogP contribution is 2.14. The molecule has 2 N–H and O–H groups in total. The monoisotopic (exact) mass is 344 g/mol. The Bertz CT molecular complexity index is 868. The van der Waals surface area contributed by atoms with Crippen LogP contribution in [0.4, 0.5) is 19.3 Å². The van der Waals surface area contributed by atoms with Crippen molar-refractivity contribution in [3.8, 4) is 0 Å². The van der Waals surface area contributed by atoms with Crippen LogP contribution in [-0.2, 0) is 13.0 Å². The molecule has 1 heterocycles. The first-order chi connectivity index (χ1) is 12.1. The van der Waals surface area contributed by atoms with E-state index in [2.05, 4.69) is 20.8 Å². The summed E-state index contributed by atoms with van der Waals surface area (Å²) in [5, 5.41) is 8.57. The van der Waals surface area contributed by atoms with Gasteiger partial charge in [-0.3, -0.25) is 0 Å². The van der Waals surface area contributed by atoms with Crippen LogP contribution in [0.25, 0.3) is 0 Å². The normalized spacial score (nSPS) is 10.5. The second-order valence-corrected chi connectivity index (χ2v) is 5.20. The van der Waals surface area contributed by atoms with Gasteiger partial charge in [0.15, 0.2) is 5.82 Å². The van der Waals surface area contributed by atoms with E-state index in [1.165, 1.54) is 0 Å². The van der Waals surface area contributed by atoms with E-state index in [0.717, 1.165) is 17.7 Å². The van der Waals surface area contributed by atoms with Crippen molar-refractivity contribution < 1.29 is 18.1 Å². The van der Waals surface area contributed by atoms with Gasteiger partial charge in [-0.15, -0.1) is 0 Å². The molecule has 2 aromatic carbocycles. The summed E-state index contributed by atoms with van der Waals surface area (Å²) in [6.07, 6.45) is 0.511. The van der Waals surface area contributed by atoms with Crippen molar-refractivity contribution in [2.75, 3.05) is 5.32 Å². The first kappa shape index (κ1) is 16.6. The first-order valence-corrected chi connectivity index (χ1v) is 7.45. The Labute approximate surface area is 141 Å². The van der Waals surface area contributed by atoms with Crippen LogP contribution in [0.3, 0.4) is 0 Å². The quantitative estimate of drug-likeness (QED) is 0.744. The molecule has 0 radical (unpaired) electrons. The maximum absolute atomic E-state index is 13.5. The number of nitrogens with one attached hydrogen (secondary N) is 2. The minimum atomic E-state index is -0.863. The van der Waals surface area contributed by atoms with Crippen molar-refractivity contribution in [1.82, 2.24) is 15.5 Å². The molecule has 0 aliphatic rings. The molecule has 1 aromatic heterocycles. The minimum Gasteiger partial charge on any atom is -0.337 e. The summed E-state index contributed by atoms with van der Waals surface area (Å²) in [6, 6.07) is 11.8. The number of amides is 2. The van der Waals surface area contributed by atoms with Gasteiger partial charge in [0.25, 0.3) is 0 Å². The molecule has 0 unspecified atom stereocenters. The zero-order chi connectivity index (χ0) is 17.6. The number of nitrogens with zero attached hydrogens (tertiary/aromatic N) is 2. The van der Waals surface area contributed by atoms with Crippen LogP contribution in [0.1, 0.15) is 17.3 Å². The highest BCUT2D eigenvalue weighted by Gasteiger charge is 2.11. The van der Waals surface area contributed by atoms with Gasteiger partial charge in [-0.05, 0) is 17.7 Å². The van der Waals surface area contributed by atoms with E-state index in [4.69, 9.17) is 4.52 Å². The predicted molar refractivity (Wildman–Crippen MR) is 85.8 cm³/mol. The van der Waals surface area contributed by atoms with Gasteiger partial charge in [-0.1, -0.05) is 35.5 Å². The molecule has 0 aliphatic carbocycles. The summed E-state index contributed by atoms with van der Waals surface area (Å²) in [5.74, 6) is -0.869. The SMILES string of the molecule is O=C(NCc1nc(Cc2ccccc2)no1)Nc1ccc(F)cc1F. The third-order valence-electron chi connectivity index (χ3n) is 3.29. The number of aromatic nitrogens is 2. The van der Waals surface area contributed by atoms with Crippen LogP contribution in [0.5, 0.6) is 0 Å². The van der Waals surface area contributed by atoms with E-state index < -0.39 is 17.7 Å². The molecule has 0 saturated carbocycles. The third-order valence-corrected chi connectivity index (χ3v) is 3.29. The zero-order valence-electron chi connectivity index (χ0n) is 13.0. The van der Waals surface area contributed by atoms with Crippen LogP contribution in [-0.4, -0.2) is 16.2 Å². The molecule has 0 spiro atoms. The van der Waals surface area contributed by atoms with Gasteiger partial charge in [-0.2, -0.15) is 4.98 Å². The minimum absolute atomic E-state index is 0.0174. The molecule has 25 heavy (non-hydrogen) atoms. The number of halogens is 2. The van der Waals surface area contributed by atoms with Crippen LogP contribution in [0.2, 0.25) is 0 Å². The standard InChI is InChI=1S/C17H14F2N4O2/c18-12-6-7-14(13(19)9-12)21-17(24)20-10-16-22-15(23-25-16)8-11-4-2-1-3-5-11/h1-7,9H,8,10H2,(H2,20,21,24). The van der Waals surface area contributed by atoms with Crippen molar-refractivity contribution >= 4 is 11.7 Å². The van der Waals surface area contributed by atoms with Crippen LogP contribution in [0.15, 0.2) is 53.1 Å². The Hall–Kier alpha value is -3.29. The molecule has 3 rings (SSSR count). The third kappa shape index (κ3) is 4.60. The summed E-state index contributed by atoms with van der Waals surface area (Å²) >= 11 is 0. The van der Waals surface area contributed by atoms with Gasteiger partial charge in [0.2, 0.25) is 5.89 Å². The molecule has 8 heteroatoms. The fourth-order valence-electron chi connectivity index (χ4n) is 2.13. The van der Waals surface area contributed by atoms with Crippen LogP contribution >= 0.6 is 0 Å². The summed E-state index contributed by atoms with van der Waals surface area (Å²) in [7, 11) is 0. The Morgan fingerprint density at radius 2 is 1.92 bits per heavy atom. The topological polar surface area (TPSA) is 80.1 Å². The number of urea groups is 1. The molecule has 0 saturated heterocycles. The zero-order valence-corrected chi connectivity index (χ0v) is 13.0. The molecular formula is C17H14F2N4O2. The fourth-order valence-corrected chi connectivity index (χ4v) is 2.13. The van der Waals surface area contributed by atoms with E-state index >= 15 is 0 Å². The van der Waals surface area contributed by atoms with Crippen LogP contribution in [0, 0.1) is 11.6 Å². The molecule has 2 amide bonds. The maximum Gasteiger partial charge on any atom is 0.319 e. The summed E-state index contributed by atoms with van der Waals surface area (Å²) in [4.78, 5) is 15.9. The molecule has 128 valence electrons. The van der Waals surface area contributed by atoms with Gasteiger partial charge in [-0.25, -0.2) is 13.6 Å². The fraction of sp³-hybridized carbons (Fsp3) is 0.118. The van der Waals surface area contributed by atoms with E-state index in [0.29, 0.717) is 18.3 Å². The van der Waals surface area contributed by atoms with E-state index in [1.807, 2.05) is 30.3 Å². The average Bonchev–Trinajstić information content (AvgIpc) is 3.04. The lowest BCUT2D eigenvalue weighted by Crippen LogP contribution is -2.28. The lowest BCUT2D eigenvalue weighted by Gasteiger charge is -2.06. The Morgan fingerprint density at radius 1 is 1.12 bits per heavy atom. The number of carbonyl (C=O) groups excluding carboxylic acids is 1. The number of anilines is 1. The largest absolute Gasteiger partial charge is 0.337 e. The van der Waals surface area contributed by atoms with Gasteiger partial charge >= 0.3 is 6.03 Å². The van der Waals surface area contributed by atoms with E-state index in [1.54, 1.807) is 0 Å². The van der Waals surface area contributed by atoms with Crippen molar-refractivity contribution in [3.05, 3.63) is 77.4 Å². The maximum atomic E-state index is 13.5. The first-order valence-electron chi connectivity index (χ1n) is 7.45. The van der Waals surface area contributed by atoms with Crippen molar-refractivity contribution in [2.45, 2.75) is 13.0 Å². The number of hydrogen-bond acceptors (Lipinski definition) is 4. The lowest BCUT2D eigenvalue weighted by atomic mass is 10.1. The van der Waals surface area contributed by atoms with Crippen molar-refractivity contribution in [3.63, 3.8) is 0 Å². The lowest BCUT2D eigenvalue weighted by molar-refractivity contribution is 0.249. The molecule has 6 nitrogen and oxygen atoms in total. The van der Waals surface area contributed by atoms with Crippen molar-refractivity contribution in [2.24, 2.45) is 0 Å². The second kappa shape index (κ2) is 7.52. The number of hydrogen-bond donors (Lipinski definition) is 2. The summed E-state index contributed by atoms with van der Waals surface area (Å²) < 4.78 is 31.3. The molecule has 0 bridgehead atoms. The predicted octanol–water partition coefficient (Wildman–Crippen LogP) is 3.26. The molecule has 0 atom stereocenters. The second-order valence-electron chi connectivity index (χ2n) is 5.20. The summed E-state index contributed by atoms with van der Waals surface area (Å²) in [6.45, 7) is -0.0174. The smallest absolute Gasteiger partial charge is 0.319 e. The van der Waals surface area contributed by atoms with Gasteiger partial charge in [0.1, 0.15) is 11.6 Å². The Balaban J connectivity index is 1.52. The van der Waals surface area contributed by atoms with Crippen LogP contribution < -0.4 is 10.6 Å². The molecule has 3 aromatic rings. The molecule has 0 fully saturated rings. The van der Waals surface area contributed by atoms with E-state index in [9.17, 15) is 13.6 Å². The molecular weight excluding hydrogens is 330 g/mol. The number of carbonyl (C=O) groups is 1. The van der Waals surface area contributed by atoms with Crippen molar-refractivity contribution in [1.29, 1.82) is 0 Å². The summed E-state index contributed by atoms with van der Waals surface area (Å²) in [5.41, 5.74) is 0.904. The highest BCUT2D eigenvalue weighted by atomic mass is 19.1. The van der Waals surface area contributed by atoms with Gasteiger partial charge in [0, 0.05) is 12.5 Å². The highest BCUT2D eigenvalue weighted by molar-refractivity contribution is 5.89. The Kier molecular flexibility index (Phi) is 4.98. The van der Waals surface area contributed by atoms with Gasteiger partial charge < -0.3 is 15.2 Å². The average molecular weight is 344 g/mol. The number of rotatable bonds is 5. The van der Waals surface area contributed by atoms with Gasteiger partial charge in [0.05, 0.1) is 12.2 Å². The Morgan fingerprint density at radius 3 is 2.68 bits per heavy atom. The molecule has 0 aliphatic heterocycles.